The first-order valence-electron chi connectivity index (χ1n) is 39.8. The van der Waals surface area contributed by atoms with Gasteiger partial charge in [0.25, 0.3) is 0 Å². The molecule has 19 nitrogen and oxygen atoms in total. The fourth-order valence-corrected chi connectivity index (χ4v) is 12.6. The molecule has 3 aliphatic rings. The van der Waals surface area contributed by atoms with E-state index in [0.717, 1.165) is 103 Å². The Kier molecular flexibility index (Phi) is 56.4. The number of allylic oxidation sites excluding steroid dienone is 19. The lowest BCUT2D eigenvalue weighted by atomic mass is 9.96. The van der Waals surface area contributed by atoms with Crippen LogP contribution in [-0.4, -0.2) is 193 Å². The maximum Gasteiger partial charge on any atom is 0.220 e. The average molecular weight is 1440 g/mol. The van der Waals surface area contributed by atoms with Crippen LogP contribution in [0.25, 0.3) is 0 Å². The molecule has 3 rings (SSSR count). The maximum atomic E-state index is 13.5. The van der Waals surface area contributed by atoms with Crippen molar-refractivity contribution in [3.8, 4) is 0 Å². The number of ether oxygens (including phenoxy) is 6. The zero-order chi connectivity index (χ0) is 73.9. The minimum atomic E-state index is -1.99. The molecule has 0 saturated carbocycles. The van der Waals surface area contributed by atoms with E-state index in [0.29, 0.717) is 12.8 Å². The van der Waals surface area contributed by atoms with Crippen LogP contribution < -0.4 is 5.32 Å². The molecular formula is C83H141NO18. The van der Waals surface area contributed by atoms with Gasteiger partial charge in [0.1, 0.15) is 73.2 Å². The van der Waals surface area contributed by atoms with Crippen molar-refractivity contribution in [3.05, 3.63) is 122 Å². The van der Waals surface area contributed by atoms with Crippen LogP contribution in [0.15, 0.2) is 122 Å². The summed E-state index contributed by atoms with van der Waals surface area (Å²) in [6.07, 6.45) is 60.4. The third-order valence-electron chi connectivity index (χ3n) is 19.0. The quantitative estimate of drug-likeness (QED) is 0.0199. The maximum absolute atomic E-state index is 13.5. The predicted octanol–water partition coefficient (Wildman–Crippen LogP) is 13.1. The average Bonchev–Trinajstić information content (AvgIpc) is 0.782. The number of amides is 1. The summed E-state index contributed by atoms with van der Waals surface area (Å²) in [5, 5.41) is 121. The van der Waals surface area contributed by atoms with E-state index >= 15 is 0 Å². The number of nitrogens with one attached hydrogen (secondary N) is 1. The molecule has 0 aromatic rings. The van der Waals surface area contributed by atoms with Crippen molar-refractivity contribution in [3.63, 3.8) is 0 Å². The van der Waals surface area contributed by atoms with E-state index < -0.39 is 124 Å². The van der Waals surface area contributed by atoms with Crippen molar-refractivity contribution in [1.82, 2.24) is 5.32 Å². The van der Waals surface area contributed by atoms with Gasteiger partial charge in [0, 0.05) is 6.42 Å². The Morgan fingerprint density at radius 1 is 0.363 bits per heavy atom. The van der Waals surface area contributed by atoms with Crippen LogP contribution in [0.5, 0.6) is 0 Å². The molecule has 3 fully saturated rings. The fraction of sp³-hybridized carbons (Fsp3) is 0.747. The van der Waals surface area contributed by atoms with Gasteiger partial charge in [-0.2, -0.15) is 0 Å². The second-order valence-corrected chi connectivity index (χ2v) is 27.8. The lowest BCUT2D eigenvalue weighted by Crippen LogP contribution is -2.66. The normalized spacial score (nSPS) is 26.9. The van der Waals surface area contributed by atoms with Gasteiger partial charge in [-0.05, 0) is 103 Å². The molecule has 1 amide bonds. The third kappa shape index (κ3) is 41.9. The van der Waals surface area contributed by atoms with Crippen molar-refractivity contribution in [2.24, 2.45) is 0 Å². The summed E-state index contributed by atoms with van der Waals surface area (Å²) in [7, 11) is 0. The van der Waals surface area contributed by atoms with Gasteiger partial charge in [-0.3, -0.25) is 4.79 Å². The van der Waals surface area contributed by atoms with Gasteiger partial charge < -0.3 is 89.9 Å². The minimum absolute atomic E-state index is 0.201. The molecule has 3 heterocycles. The van der Waals surface area contributed by atoms with Gasteiger partial charge in [0.2, 0.25) is 5.91 Å². The molecule has 0 aromatic carbocycles. The van der Waals surface area contributed by atoms with Gasteiger partial charge in [-0.15, -0.1) is 0 Å². The highest BCUT2D eigenvalue weighted by Crippen LogP contribution is 2.33. The van der Waals surface area contributed by atoms with Crippen LogP contribution in [0.4, 0.5) is 0 Å². The molecule has 0 aromatic heterocycles. The van der Waals surface area contributed by atoms with E-state index in [9.17, 15) is 61.0 Å². The molecule has 12 N–H and O–H groups in total. The van der Waals surface area contributed by atoms with Gasteiger partial charge in [-0.1, -0.05) is 277 Å². The van der Waals surface area contributed by atoms with E-state index in [1.807, 2.05) is 6.08 Å². The summed E-state index contributed by atoms with van der Waals surface area (Å²) in [6, 6.07) is -1.02. The van der Waals surface area contributed by atoms with Crippen LogP contribution in [0.3, 0.4) is 0 Å². The number of hydrogen-bond donors (Lipinski definition) is 12. The number of hydrogen-bond acceptors (Lipinski definition) is 18. The van der Waals surface area contributed by atoms with Gasteiger partial charge in [0.15, 0.2) is 18.9 Å². The van der Waals surface area contributed by atoms with Crippen molar-refractivity contribution in [2.45, 2.75) is 369 Å². The highest BCUT2D eigenvalue weighted by atomic mass is 16.8. The number of unbranched alkanes of at least 4 members (excludes halogenated alkanes) is 27. The molecule has 3 aliphatic heterocycles. The smallest absolute Gasteiger partial charge is 0.220 e. The number of carbonyl (C=O) groups is 1. The topological polar surface area (TPSA) is 307 Å². The van der Waals surface area contributed by atoms with Gasteiger partial charge in [-0.25, -0.2) is 0 Å². The summed E-state index contributed by atoms with van der Waals surface area (Å²) in [5.74, 6) is -0.312. The Balaban J connectivity index is 1.42. The first kappa shape index (κ1) is 92.4. The predicted molar refractivity (Wildman–Crippen MR) is 406 cm³/mol. The van der Waals surface area contributed by atoms with Crippen LogP contribution in [0.1, 0.15) is 264 Å². The fourth-order valence-electron chi connectivity index (χ4n) is 12.6. The van der Waals surface area contributed by atoms with E-state index in [2.05, 4.69) is 129 Å². The Morgan fingerprint density at radius 3 is 1.10 bits per heavy atom. The monoisotopic (exact) mass is 1440 g/mol. The minimum Gasteiger partial charge on any atom is -0.394 e. The van der Waals surface area contributed by atoms with Crippen molar-refractivity contribution in [1.29, 1.82) is 0 Å². The SMILES string of the molecule is CC/C=C\C/C=C\C/C=C\C/C=C\C/C=C\C/C=C\C/C=C\CCCCCCCC(=O)NC(COC1OC(CO)C(OC2OC(CO)C(OC3OC(CO)C(O)C(O)C3O)C(O)C2O)C(O)C1O)C(O)/C=C/CC/C=C/CC/C=C/CCCCCCCCCCCCCCCCCCCCCC. The summed E-state index contributed by atoms with van der Waals surface area (Å²) >= 11 is 0. The summed E-state index contributed by atoms with van der Waals surface area (Å²) in [5.41, 5.74) is 0. The summed E-state index contributed by atoms with van der Waals surface area (Å²) < 4.78 is 34.4. The molecule has 102 heavy (non-hydrogen) atoms. The molecule has 19 heteroatoms. The molecule has 586 valence electrons. The zero-order valence-electron chi connectivity index (χ0n) is 62.5. The number of rotatable bonds is 61. The highest BCUT2D eigenvalue weighted by Gasteiger charge is 2.53. The van der Waals surface area contributed by atoms with Crippen LogP contribution in [-0.2, 0) is 33.2 Å². The number of carbonyl (C=O) groups excluding carboxylic acids is 1. The van der Waals surface area contributed by atoms with Crippen LogP contribution >= 0.6 is 0 Å². The zero-order valence-corrected chi connectivity index (χ0v) is 62.5. The van der Waals surface area contributed by atoms with E-state index in [4.69, 9.17) is 28.4 Å². The first-order valence-corrected chi connectivity index (χ1v) is 39.8. The Hall–Kier alpha value is -3.81. The number of aliphatic hydroxyl groups is 11. The third-order valence-corrected chi connectivity index (χ3v) is 19.0. The van der Waals surface area contributed by atoms with Crippen molar-refractivity contribution < 1.29 is 89.4 Å². The molecule has 3 saturated heterocycles. The largest absolute Gasteiger partial charge is 0.394 e. The second-order valence-electron chi connectivity index (χ2n) is 27.8. The Bertz CT molecular complexity index is 2320. The lowest BCUT2D eigenvalue weighted by Gasteiger charge is -2.48. The molecule has 0 aliphatic carbocycles. The van der Waals surface area contributed by atoms with E-state index in [-0.39, 0.29) is 18.9 Å². The molecule has 0 radical (unpaired) electrons. The summed E-state index contributed by atoms with van der Waals surface area (Å²) in [6.45, 7) is 1.59. The Labute approximate surface area is 614 Å². The van der Waals surface area contributed by atoms with Crippen LogP contribution in [0, 0.1) is 0 Å². The Morgan fingerprint density at radius 2 is 0.686 bits per heavy atom. The molecule has 17 unspecified atom stereocenters. The first-order chi connectivity index (χ1) is 49.8. The van der Waals surface area contributed by atoms with E-state index in [1.54, 1.807) is 6.08 Å². The van der Waals surface area contributed by atoms with E-state index in [1.165, 1.54) is 128 Å². The lowest BCUT2D eigenvalue weighted by molar-refractivity contribution is -0.379. The molecule has 0 bridgehead atoms. The highest BCUT2D eigenvalue weighted by molar-refractivity contribution is 5.76. The van der Waals surface area contributed by atoms with Gasteiger partial charge in [0.05, 0.1) is 38.6 Å². The molecular weight excluding hydrogens is 1300 g/mol. The molecule has 17 atom stereocenters. The second kappa shape index (κ2) is 62.3. The summed E-state index contributed by atoms with van der Waals surface area (Å²) in [4.78, 5) is 13.5. The van der Waals surface area contributed by atoms with Crippen LogP contribution in [0.2, 0.25) is 0 Å². The van der Waals surface area contributed by atoms with Crippen molar-refractivity contribution >= 4 is 5.91 Å². The molecule has 0 spiro atoms. The van der Waals surface area contributed by atoms with Gasteiger partial charge >= 0.3 is 0 Å². The van der Waals surface area contributed by atoms with Crippen molar-refractivity contribution in [2.75, 3.05) is 26.4 Å². The number of aliphatic hydroxyl groups excluding tert-OH is 11. The standard InChI is InChI=1S/C83H141NO18/c1-3-5-7-9-11-13-15-17-19-21-23-25-27-29-31-32-33-35-36-38-40-42-44-46-48-50-52-54-56-58-60-67(88)66(84-71(89)61-59-57-55-53-51-49-47-45-43-41-39-37-34-30-28-26-24-22-20-18-16-14-12-10-8-6-4-2)65-97-81-77(95)74(92)79(69(63-86)99-81)102-83-78(96)75(93)80(70(64-87)100-83)101-82-76(94)73(91)72(90)68(62-85)98-82/h6,8,12,14,18,20,24,26,30,34,39,41-42,44-45,47,50,52,58,60,66-70,72-83,85-88,90-96H,3-5,7,9-11,13,15-17,19,21-23,25,27-29,31-33,35-38,40,43,46,48-49,51,53-57,59,61-65H2,1-2H3,(H,84,89)/b8-6-,14-12-,20-18-,26-24-,34-30-,41-39-,44-42+,47-45-,52-50+,60-58+.